The van der Waals surface area contributed by atoms with Crippen LogP contribution in [0.2, 0.25) is 0 Å². The van der Waals surface area contributed by atoms with Crippen LogP contribution in [0.5, 0.6) is 0 Å². The Morgan fingerprint density at radius 3 is 2.45 bits per heavy atom. The van der Waals surface area contributed by atoms with E-state index in [1.165, 1.54) is 17.3 Å². The van der Waals surface area contributed by atoms with Crippen molar-refractivity contribution in [3.05, 3.63) is 59.7 Å². The summed E-state index contributed by atoms with van der Waals surface area (Å²) in [6, 6.07) is 11.6. The van der Waals surface area contributed by atoms with Crippen LogP contribution in [-0.2, 0) is 10.2 Å². The van der Waals surface area contributed by atoms with Gasteiger partial charge in [-0.3, -0.25) is 9.36 Å². The van der Waals surface area contributed by atoms with Crippen LogP contribution in [0.3, 0.4) is 0 Å². The van der Waals surface area contributed by atoms with Gasteiger partial charge in [-0.25, -0.2) is 8.78 Å². The van der Waals surface area contributed by atoms with Crippen molar-refractivity contribution in [3.63, 3.8) is 0 Å². The lowest BCUT2D eigenvalue weighted by molar-refractivity contribution is -0.113. The highest BCUT2D eigenvalue weighted by molar-refractivity contribution is 7.99. The molecule has 4 rings (SSSR count). The molecule has 0 bridgehead atoms. The van der Waals surface area contributed by atoms with Crippen LogP contribution in [0.25, 0.3) is 11.4 Å². The number of nitrogens with zero attached hydrogens (tertiary/aromatic N) is 3. The number of aromatic nitrogens is 3. The number of anilines is 1. The summed E-state index contributed by atoms with van der Waals surface area (Å²) >= 11 is 1.26. The Bertz CT molecular complexity index is 1130. The smallest absolute Gasteiger partial charge is 0.234 e. The van der Waals surface area contributed by atoms with E-state index in [2.05, 4.69) is 65.1 Å². The van der Waals surface area contributed by atoms with Crippen molar-refractivity contribution in [2.45, 2.75) is 63.1 Å². The van der Waals surface area contributed by atoms with Crippen LogP contribution in [0.15, 0.2) is 47.6 Å². The predicted molar refractivity (Wildman–Crippen MR) is 127 cm³/mol. The molecule has 8 heteroatoms. The Balaban J connectivity index is 1.54. The number of carbonyl (C=O) groups excluding carboxylic acids is 1. The number of halogens is 2. The molecule has 0 aliphatic heterocycles. The fraction of sp³-hybridized carbons (Fsp3) is 0.400. The summed E-state index contributed by atoms with van der Waals surface area (Å²) in [5, 5.41) is 11.9. The van der Waals surface area contributed by atoms with E-state index in [1.807, 2.05) is 0 Å². The molecule has 1 amide bonds. The highest BCUT2D eigenvalue weighted by Gasteiger charge is 2.26. The molecule has 1 saturated carbocycles. The van der Waals surface area contributed by atoms with Crippen LogP contribution >= 0.6 is 11.8 Å². The first-order valence-corrected chi connectivity index (χ1v) is 12.1. The number of rotatable bonds is 6. The molecule has 1 aliphatic rings. The van der Waals surface area contributed by atoms with Gasteiger partial charge in [-0.05, 0) is 36.0 Å². The van der Waals surface area contributed by atoms with Gasteiger partial charge in [-0.2, -0.15) is 0 Å². The van der Waals surface area contributed by atoms with Crippen molar-refractivity contribution in [2.24, 2.45) is 0 Å². The van der Waals surface area contributed by atoms with E-state index >= 15 is 0 Å². The normalized spacial score (nSPS) is 14.6. The first-order chi connectivity index (χ1) is 15.7. The van der Waals surface area contributed by atoms with Gasteiger partial charge in [0.25, 0.3) is 0 Å². The van der Waals surface area contributed by atoms with Crippen molar-refractivity contribution in [3.8, 4) is 11.4 Å². The second kappa shape index (κ2) is 9.63. The fourth-order valence-corrected chi connectivity index (χ4v) is 4.90. The summed E-state index contributed by atoms with van der Waals surface area (Å²) in [4.78, 5) is 12.4. The van der Waals surface area contributed by atoms with E-state index in [0.29, 0.717) is 5.16 Å². The summed E-state index contributed by atoms with van der Waals surface area (Å²) in [6.45, 7) is 6.54. The van der Waals surface area contributed by atoms with E-state index in [9.17, 15) is 13.6 Å². The van der Waals surface area contributed by atoms with Gasteiger partial charge in [0.05, 0.1) is 11.4 Å². The third-order valence-corrected chi connectivity index (χ3v) is 6.84. The molecule has 3 aromatic rings. The minimum absolute atomic E-state index is 0.0176. The molecule has 0 radical (unpaired) electrons. The fourth-order valence-electron chi connectivity index (χ4n) is 4.09. The molecule has 174 valence electrons. The zero-order valence-corrected chi connectivity index (χ0v) is 19.9. The first-order valence-electron chi connectivity index (χ1n) is 11.2. The Hall–Kier alpha value is -2.74. The maximum absolute atomic E-state index is 13.8. The van der Waals surface area contributed by atoms with E-state index < -0.39 is 17.5 Å². The molecule has 1 fully saturated rings. The Kier molecular flexibility index (Phi) is 6.83. The molecule has 1 aliphatic carbocycles. The van der Waals surface area contributed by atoms with Gasteiger partial charge in [0, 0.05) is 17.7 Å². The largest absolute Gasteiger partial charge is 0.323 e. The molecular formula is C25H28F2N4OS. The Morgan fingerprint density at radius 1 is 1.09 bits per heavy atom. The lowest BCUT2D eigenvalue weighted by Gasteiger charge is -2.20. The molecule has 0 atom stereocenters. The first kappa shape index (κ1) is 23.4. The van der Waals surface area contributed by atoms with Gasteiger partial charge in [-0.1, -0.05) is 69.6 Å². The highest BCUT2D eigenvalue weighted by Crippen LogP contribution is 2.37. The van der Waals surface area contributed by atoms with Crippen LogP contribution in [0.4, 0.5) is 14.5 Å². The average Bonchev–Trinajstić information content (AvgIpc) is 3.44. The predicted octanol–water partition coefficient (Wildman–Crippen LogP) is 6.37. The topological polar surface area (TPSA) is 59.8 Å². The van der Waals surface area contributed by atoms with Crippen LogP contribution in [0, 0.1) is 11.6 Å². The van der Waals surface area contributed by atoms with Gasteiger partial charge in [0.1, 0.15) is 11.6 Å². The van der Waals surface area contributed by atoms with Crippen molar-refractivity contribution >= 4 is 23.4 Å². The second-order valence-electron chi connectivity index (χ2n) is 9.40. The van der Waals surface area contributed by atoms with Crippen molar-refractivity contribution < 1.29 is 13.6 Å². The zero-order valence-electron chi connectivity index (χ0n) is 19.1. The van der Waals surface area contributed by atoms with Gasteiger partial charge in [-0.15, -0.1) is 10.2 Å². The Morgan fingerprint density at radius 2 is 1.79 bits per heavy atom. The monoisotopic (exact) mass is 470 g/mol. The minimum Gasteiger partial charge on any atom is -0.323 e. The molecule has 33 heavy (non-hydrogen) atoms. The summed E-state index contributed by atoms with van der Waals surface area (Å²) in [6.07, 6.45) is 4.38. The van der Waals surface area contributed by atoms with Crippen LogP contribution < -0.4 is 5.32 Å². The average molecular weight is 471 g/mol. The summed E-state index contributed by atoms with van der Waals surface area (Å²) in [5.41, 5.74) is 2.12. The van der Waals surface area contributed by atoms with Gasteiger partial charge >= 0.3 is 0 Å². The molecule has 0 unspecified atom stereocenters. The number of thioether (sulfide) groups is 1. The van der Waals surface area contributed by atoms with Crippen molar-refractivity contribution in [1.29, 1.82) is 0 Å². The van der Waals surface area contributed by atoms with Gasteiger partial charge < -0.3 is 5.32 Å². The number of hydrogen-bond donors (Lipinski definition) is 1. The molecule has 5 nitrogen and oxygen atoms in total. The zero-order chi connectivity index (χ0) is 23.6. The highest BCUT2D eigenvalue weighted by atomic mass is 32.2. The number of carbonyl (C=O) groups is 1. The third-order valence-electron chi connectivity index (χ3n) is 5.90. The quantitative estimate of drug-likeness (QED) is 0.426. The SMILES string of the molecule is CC(C)(C)c1ccc(-c2nnc(SCC(=O)Nc3cc(F)ccc3F)n2C2CCCC2)cc1. The van der Waals surface area contributed by atoms with E-state index in [1.54, 1.807) is 0 Å². The maximum atomic E-state index is 13.8. The van der Waals surface area contributed by atoms with E-state index in [-0.39, 0.29) is 22.9 Å². The summed E-state index contributed by atoms with van der Waals surface area (Å²) < 4.78 is 29.4. The molecular weight excluding hydrogens is 442 g/mol. The number of amides is 1. The lowest BCUT2D eigenvalue weighted by Crippen LogP contribution is -2.16. The van der Waals surface area contributed by atoms with E-state index in [0.717, 1.165) is 55.3 Å². The molecule has 0 spiro atoms. The van der Waals surface area contributed by atoms with Crippen molar-refractivity contribution in [1.82, 2.24) is 14.8 Å². The maximum Gasteiger partial charge on any atom is 0.234 e. The van der Waals surface area contributed by atoms with Gasteiger partial charge in [0.15, 0.2) is 11.0 Å². The standard InChI is InChI=1S/C25H28F2N4OS/c1-25(2,3)17-10-8-16(9-11-17)23-29-30-24(31(23)19-6-4-5-7-19)33-15-22(32)28-21-14-18(26)12-13-20(21)27/h8-14,19H,4-7,15H2,1-3H3,(H,28,32). The third kappa shape index (κ3) is 5.43. The Labute approximate surface area is 197 Å². The molecule has 1 aromatic heterocycles. The second-order valence-corrected chi connectivity index (χ2v) is 10.3. The molecule has 1 N–H and O–H groups in total. The number of hydrogen-bond acceptors (Lipinski definition) is 4. The van der Waals surface area contributed by atoms with Crippen molar-refractivity contribution in [2.75, 3.05) is 11.1 Å². The summed E-state index contributed by atoms with van der Waals surface area (Å²) in [5.74, 6) is -0.903. The van der Waals surface area contributed by atoms with E-state index in [4.69, 9.17) is 0 Å². The van der Waals surface area contributed by atoms with Crippen LogP contribution in [0.1, 0.15) is 58.1 Å². The number of benzene rings is 2. The minimum atomic E-state index is -0.676. The molecule has 1 heterocycles. The summed E-state index contributed by atoms with van der Waals surface area (Å²) in [7, 11) is 0. The van der Waals surface area contributed by atoms with Crippen LogP contribution in [-0.4, -0.2) is 26.4 Å². The van der Waals surface area contributed by atoms with Gasteiger partial charge in [0.2, 0.25) is 5.91 Å². The lowest BCUT2D eigenvalue weighted by atomic mass is 9.86. The molecule has 2 aromatic carbocycles. The number of nitrogens with one attached hydrogen (secondary N) is 1. The molecule has 0 saturated heterocycles.